The number of hydrogen-bond acceptors (Lipinski definition) is 9. The van der Waals surface area contributed by atoms with Crippen LogP contribution in [0.3, 0.4) is 0 Å². The van der Waals surface area contributed by atoms with Crippen molar-refractivity contribution in [2.24, 2.45) is 20.5 Å². The van der Waals surface area contributed by atoms with E-state index >= 15 is 0 Å². The Morgan fingerprint density at radius 3 is 2.15 bits per heavy atom. The Morgan fingerprint density at radius 1 is 0.909 bits per heavy atom. The molecule has 7 N–H and O–H groups in total. The molecule has 0 radical (unpaired) electrons. The number of rotatable bonds is 7. The molecule has 172 valence electrons. The summed E-state index contributed by atoms with van der Waals surface area (Å²) < 4.78 is 55.2. The Hall–Kier alpha value is -3.72. The zero-order chi connectivity index (χ0) is 24.2. The molecule has 14 heteroatoms. The Kier molecular flexibility index (Phi) is 7.13. The molecule has 33 heavy (non-hydrogen) atoms. The molecule has 3 aromatic rings. The van der Waals surface area contributed by atoms with Gasteiger partial charge in [-0.15, -0.1) is 10.2 Å². The van der Waals surface area contributed by atoms with E-state index in [9.17, 15) is 17.2 Å². The minimum Gasteiger partial charge on any atom is -0.396 e. The lowest BCUT2D eigenvalue weighted by Gasteiger charge is -2.10. The molecule has 0 fully saturated rings. The monoisotopic (exact) mass is 489 g/mol. The number of nitrogens with one attached hydrogen (secondary N) is 1. The molecule has 0 aliphatic rings. The van der Waals surface area contributed by atoms with Crippen LogP contribution in [0.4, 0.5) is 39.8 Å². The molecule has 0 saturated heterocycles. The lowest BCUT2D eigenvalue weighted by molar-refractivity contribution is 0.483. The minimum atomic E-state index is -4.73. The topological polar surface area (TPSA) is 205 Å². The Bertz CT molecular complexity index is 1370. The first-order valence-corrected chi connectivity index (χ1v) is 11.7. The largest absolute Gasteiger partial charge is 0.396 e. The first-order valence-electron chi connectivity index (χ1n) is 9.12. The lowest BCUT2D eigenvalue weighted by atomic mass is 10.2. The maximum Gasteiger partial charge on any atom is 0.296 e. The van der Waals surface area contributed by atoms with Crippen LogP contribution in [-0.2, 0) is 21.4 Å². The summed E-state index contributed by atoms with van der Waals surface area (Å²) in [7, 11) is -4.73. The number of benzene rings is 3. The third-order valence-corrected chi connectivity index (χ3v) is 5.62. The Balaban J connectivity index is 2.04. The molecule has 0 heterocycles. The first-order chi connectivity index (χ1) is 15.6. The zero-order valence-electron chi connectivity index (χ0n) is 17.1. The first kappa shape index (κ1) is 23.9. The van der Waals surface area contributed by atoms with Crippen LogP contribution < -0.4 is 16.2 Å². The summed E-state index contributed by atoms with van der Waals surface area (Å²) in [5.41, 5.74) is 13.2. The van der Waals surface area contributed by atoms with Crippen LogP contribution in [0.5, 0.6) is 0 Å². The summed E-state index contributed by atoms with van der Waals surface area (Å²) in [6.07, 6.45) is 0. The number of aryl methyl sites for hydroxylation is 1. The summed E-state index contributed by atoms with van der Waals surface area (Å²) >= 11 is -2.23. The van der Waals surface area contributed by atoms with Crippen molar-refractivity contribution in [3.05, 3.63) is 60.2 Å². The molecule has 1 unspecified atom stereocenters. The third kappa shape index (κ3) is 5.95. The van der Waals surface area contributed by atoms with E-state index in [4.69, 9.17) is 16.0 Å². The van der Waals surface area contributed by atoms with Gasteiger partial charge in [-0.25, -0.2) is 4.21 Å². The standard InChI is InChI=1S/C19H19N7O5S2/c1-11-4-2-3-5-14(11)23-25-19-17(20)15(10-16(18(19)21)33(29,30)31)24-22-12-6-8-13(9-7-12)26-32(27)28/h2-10,26H,20-21H2,1H3,(H,27,28)(H,29,30,31). The predicted molar refractivity (Wildman–Crippen MR) is 125 cm³/mol. The third-order valence-electron chi connectivity index (χ3n) is 4.32. The second kappa shape index (κ2) is 9.83. The van der Waals surface area contributed by atoms with Crippen molar-refractivity contribution in [2.45, 2.75) is 11.8 Å². The van der Waals surface area contributed by atoms with Gasteiger partial charge in [0, 0.05) is 5.69 Å². The van der Waals surface area contributed by atoms with Gasteiger partial charge >= 0.3 is 0 Å². The van der Waals surface area contributed by atoms with Gasteiger partial charge in [-0.3, -0.25) is 13.8 Å². The molecule has 3 rings (SSSR count). The highest BCUT2D eigenvalue weighted by molar-refractivity contribution is 7.86. The molecule has 0 amide bonds. The van der Waals surface area contributed by atoms with Crippen LogP contribution in [0.25, 0.3) is 0 Å². The summed E-state index contributed by atoms with van der Waals surface area (Å²) in [6, 6.07) is 14.0. The Labute approximate surface area is 191 Å². The number of azo groups is 2. The average Bonchev–Trinajstić information content (AvgIpc) is 2.74. The van der Waals surface area contributed by atoms with Gasteiger partial charge in [0.1, 0.15) is 16.3 Å². The molecule has 3 aromatic carbocycles. The van der Waals surface area contributed by atoms with E-state index in [1.807, 2.05) is 19.1 Å². The number of nitrogens with two attached hydrogens (primary N) is 2. The van der Waals surface area contributed by atoms with E-state index in [0.29, 0.717) is 17.1 Å². The maximum atomic E-state index is 11.8. The average molecular weight is 490 g/mol. The number of nitrogens with zero attached hydrogens (tertiary/aromatic N) is 4. The van der Waals surface area contributed by atoms with Crippen molar-refractivity contribution in [1.82, 2.24) is 0 Å². The van der Waals surface area contributed by atoms with Crippen molar-refractivity contribution in [1.29, 1.82) is 0 Å². The fourth-order valence-corrected chi connectivity index (χ4v) is 3.63. The Morgan fingerprint density at radius 2 is 1.55 bits per heavy atom. The van der Waals surface area contributed by atoms with Gasteiger partial charge in [0.05, 0.1) is 22.7 Å². The molecule has 1 atom stereocenters. The van der Waals surface area contributed by atoms with Crippen molar-refractivity contribution >= 4 is 61.2 Å². The van der Waals surface area contributed by atoms with Crippen LogP contribution in [0, 0.1) is 6.92 Å². The van der Waals surface area contributed by atoms with Crippen LogP contribution in [0.15, 0.2) is 79.9 Å². The molecule has 0 aliphatic heterocycles. The smallest absolute Gasteiger partial charge is 0.296 e. The fourth-order valence-electron chi connectivity index (χ4n) is 2.65. The van der Waals surface area contributed by atoms with E-state index in [2.05, 4.69) is 25.2 Å². The molecule has 0 spiro atoms. The van der Waals surface area contributed by atoms with Gasteiger partial charge in [-0.1, -0.05) is 18.2 Å². The number of hydrogen-bond donors (Lipinski definition) is 5. The molecule has 0 aliphatic carbocycles. The van der Waals surface area contributed by atoms with E-state index < -0.39 is 32.0 Å². The summed E-state index contributed by atoms with van der Waals surface area (Å²) in [5.74, 6) is 0. The van der Waals surface area contributed by atoms with Crippen LogP contribution in [0.1, 0.15) is 5.56 Å². The maximum absolute atomic E-state index is 11.8. The highest BCUT2D eigenvalue weighted by Gasteiger charge is 2.22. The second-order valence-corrected chi connectivity index (χ2v) is 8.72. The minimum absolute atomic E-state index is 0.102. The van der Waals surface area contributed by atoms with Crippen LogP contribution in [0.2, 0.25) is 0 Å². The molecule has 12 nitrogen and oxygen atoms in total. The zero-order valence-corrected chi connectivity index (χ0v) is 18.7. The number of nitrogen functional groups attached to an aromatic ring is 2. The van der Waals surface area contributed by atoms with Crippen molar-refractivity contribution in [3.8, 4) is 0 Å². The van der Waals surface area contributed by atoms with E-state index in [1.165, 1.54) is 24.3 Å². The SMILES string of the molecule is Cc1ccccc1N=Nc1c(N)c(N=Nc2ccc(NS(=O)O)cc2)cc(S(=O)(=O)O)c1N. The van der Waals surface area contributed by atoms with E-state index in [0.717, 1.165) is 11.6 Å². The van der Waals surface area contributed by atoms with Gasteiger partial charge < -0.3 is 11.5 Å². The fraction of sp³-hybridized carbons (Fsp3) is 0.0526. The van der Waals surface area contributed by atoms with Gasteiger partial charge in [-0.2, -0.15) is 18.6 Å². The predicted octanol–water partition coefficient (Wildman–Crippen LogP) is 4.79. The summed E-state index contributed by atoms with van der Waals surface area (Å²) in [6.45, 7) is 1.81. The molecule has 0 saturated carbocycles. The quantitative estimate of drug-likeness (QED) is 0.136. The lowest BCUT2D eigenvalue weighted by Crippen LogP contribution is -2.05. The van der Waals surface area contributed by atoms with Gasteiger partial charge in [0.25, 0.3) is 21.4 Å². The van der Waals surface area contributed by atoms with Gasteiger partial charge in [-0.05, 0) is 48.9 Å². The highest BCUT2D eigenvalue weighted by atomic mass is 32.2. The van der Waals surface area contributed by atoms with Crippen LogP contribution in [-0.4, -0.2) is 21.7 Å². The van der Waals surface area contributed by atoms with Crippen molar-refractivity contribution in [3.63, 3.8) is 0 Å². The molecule has 0 bridgehead atoms. The van der Waals surface area contributed by atoms with E-state index in [1.54, 1.807) is 12.1 Å². The van der Waals surface area contributed by atoms with Gasteiger partial charge in [0.15, 0.2) is 0 Å². The molecule has 0 aromatic heterocycles. The van der Waals surface area contributed by atoms with Crippen molar-refractivity contribution < 1.29 is 21.7 Å². The van der Waals surface area contributed by atoms with Crippen LogP contribution >= 0.6 is 0 Å². The molecular weight excluding hydrogens is 470 g/mol. The number of anilines is 3. The highest BCUT2D eigenvalue weighted by Crippen LogP contribution is 2.43. The van der Waals surface area contributed by atoms with Crippen molar-refractivity contribution in [2.75, 3.05) is 16.2 Å². The normalized spacial score (nSPS) is 12.9. The summed E-state index contributed by atoms with van der Waals surface area (Å²) in [4.78, 5) is -0.644. The molecular formula is C19H19N7O5S2. The summed E-state index contributed by atoms with van der Waals surface area (Å²) in [5, 5.41) is 16.0. The second-order valence-electron chi connectivity index (χ2n) is 6.63. The van der Waals surface area contributed by atoms with Gasteiger partial charge in [0.2, 0.25) is 0 Å². The van der Waals surface area contributed by atoms with E-state index in [-0.39, 0.29) is 17.1 Å².